The van der Waals surface area contributed by atoms with Crippen molar-refractivity contribution in [1.29, 1.82) is 0 Å². The molecule has 1 aromatic heterocycles. The molecule has 0 bridgehead atoms. The van der Waals surface area contributed by atoms with E-state index in [1.165, 1.54) is 64.7 Å². The number of amidine groups is 2. The molecule has 0 saturated carbocycles. The highest BCUT2D eigenvalue weighted by atomic mass is 32.1. The third-order valence-electron chi connectivity index (χ3n) is 10.4. The fourth-order valence-electron chi connectivity index (χ4n) is 7.65. The molecule has 0 spiro atoms. The standard InChI is InChI=1S/C51H35N3S/c1-5-16-34(17-6-1)38-24-13-26-40(32-38)42-28-15-29-44-46-45(51-53-49(36-20-9-3-10-21-36)52-50(54-51)37-22-11-4-12-23-37)31-30-43(48(46)55-47(42)44)41-27-14-25-39(33-41)35-18-7-2-8-19-35/h1-33,49H,(H,52,53,54). The van der Waals surface area contributed by atoms with Gasteiger partial charge in [0.15, 0.2) is 5.84 Å². The lowest BCUT2D eigenvalue weighted by atomic mass is 9.94. The third kappa shape index (κ3) is 6.23. The second-order valence-corrected chi connectivity index (χ2v) is 14.8. The molecular weight excluding hydrogens is 687 g/mol. The molecule has 1 N–H and O–H groups in total. The normalized spacial score (nSPS) is 14.0. The van der Waals surface area contributed by atoms with Crippen LogP contribution in [0.4, 0.5) is 0 Å². The Hall–Kier alpha value is -6.88. The quantitative estimate of drug-likeness (QED) is 0.175. The number of hydrogen-bond acceptors (Lipinski definition) is 4. The van der Waals surface area contributed by atoms with Gasteiger partial charge in [-0.05, 0) is 68.3 Å². The summed E-state index contributed by atoms with van der Waals surface area (Å²) in [4.78, 5) is 10.6. The third-order valence-corrected chi connectivity index (χ3v) is 11.6. The van der Waals surface area contributed by atoms with Crippen LogP contribution in [0.1, 0.15) is 22.9 Å². The van der Waals surface area contributed by atoms with Gasteiger partial charge in [0.25, 0.3) is 0 Å². The largest absolute Gasteiger partial charge is 0.344 e. The number of benzene rings is 8. The van der Waals surface area contributed by atoms with Gasteiger partial charge in [-0.3, -0.25) is 0 Å². The van der Waals surface area contributed by atoms with E-state index < -0.39 is 0 Å². The van der Waals surface area contributed by atoms with E-state index in [1.54, 1.807) is 0 Å². The van der Waals surface area contributed by atoms with E-state index in [2.05, 4.69) is 193 Å². The molecule has 8 aromatic carbocycles. The van der Waals surface area contributed by atoms with Crippen molar-refractivity contribution in [2.75, 3.05) is 0 Å². The molecular formula is C51H35N3S. The highest BCUT2D eigenvalue weighted by Crippen LogP contribution is 2.46. The first-order chi connectivity index (χ1) is 27.3. The van der Waals surface area contributed by atoms with Crippen LogP contribution in [0.5, 0.6) is 0 Å². The summed E-state index contributed by atoms with van der Waals surface area (Å²) in [6.07, 6.45) is -0.289. The Morgan fingerprint density at radius 1 is 0.400 bits per heavy atom. The van der Waals surface area contributed by atoms with Gasteiger partial charge in [0, 0.05) is 31.3 Å². The average molecular weight is 722 g/mol. The Labute approximate surface area is 324 Å². The fraction of sp³-hybridized carbons (Fsp3) is 0.0196. The second-order valence-electron chi connectivity index (χ2n) is 13.8. The molecule has 10 rings (SSSR count). The van der Waals surface area contributed by atoms with E-state index in [0.29, 0.717) is 0 Å². The molecule has 9 aromatic rings. The van der Waals surface area contributed by atoms with Gasteiger partial charge in [-0.15, -0.1) is 11.3 Å². The van der Waals surface area contributed by atoms with Crippen molar-refractivity contribution in [3.8, 4) is 44.5 Å². The topological polar surface area (TPSA) is 36.8 Å². The van der Waals surface area contributed by atoms with E-state index in [1.807, 2.05) is 23.5 Å². The van der Waals surface area contributed by atoms with Crippen molar-refractivity contribution < 1.29 is 0 Å². The van der Waals surface area contributed by atoms with Crippen LogP contribution >= 0.6 is 11.3 Å². The van der Waals surface area contributed by atoms with Crippen LogP contribution in [-0.2, 0) is 0 Å². The number of thiophene rings is 1. The van der Waals surface area contributed by atoms with Crippen molar-refractivity contribution in [2.24, 2.45) is 9.98 Å². The lowest BCUT2D eigenvalue weighted by Crippen LogP contribution is -2.33. The van der Waals surface area contributed by atoms with Gasteiger partial charge in [0.1, 0.15) is 12.0 Å². The smallest absolute Gasteiger partial charge is 0.160 e. The van der Waals surface area contributed by atoms with E-state index in [4.69, 9.17) is 9.98 Å². The van der Waals surface area contributed by atoms with Crippen LogP contribution in [0.2, 0.25) is 0 Å². The Bertz CT molecular complexity index is 2880. The van der Waals surface area contributed by atoms with Crippen molar-refractivity contribution in [3.63, 3.8) is 0 Å². The Kier molecular flexibility index (Phi) is 8.43. The molecule has 2 heterocycles. The summed E-state index contributed by atoms with van der Waals surface area (Å²) < 4.78 is 2.47. The van der Waals surface area contributed by atoms with Crippen LogP contribution in [0.15, 0.2) is 210 Å². The maximum absolute atomic E-state index is 5.34. The highest BCUT2D eigenvalue weighted by molar-refractivity contribution is 7.27. The van der Waals surface area contributed by atoms with Gasteiger partial charge < -0.3 is 5.32 Å². The average Bonchev–Trinajstić information content (AvgIpc) is 3.67. The molecule has 0 aliphatic carbocycles. The van der Waals surface area contributed by atoms with Crippen LogP contribution in [-0.4, -0.2) is 11.7 Å². The zero-order chi connectivity index (χ0) is 36.6. The van der Waals surface area contributed by atoms with Crippen molar-refractivity contribution in [2.45, 2.75) is 6.17 Å². The summed E-state index contributed by atoms with van der Waals surface area (Å²) in [5, 5.41) is 6.01. The first-order valence-electron chi connectivity index (χ1n) is 18.6. The predicted octanol–water partition coefficient (Wildman–Crippen LogP) is 13.2. The molecule has 0 radical (unpaired) electrons. The molecule has 1 unspecified atom stereocenters. The van der Waals surface area contributed by atoms with Crippen molar-refractivity contribution in [3.05, 3.63) is 217 Å². The Morgan fingerprint density at radius 2 is 0.891 bits per heavy atom. The molecule has 4 heteroatoms. The molecule has 1 aliphatic heterocycles. The van der Waals surface area contributed by atoms with Crippen LogP contribution in [0.3, 0.4) is 0 Å². The van der Waals surface area contributed by atoms with E-state index in [0.717, 1.165) is 28.4 Å². The van der Waals surface area contributed by atoms with Crippen molar-refractivity contribution >= 4 is 43.2 Å². The lowest BCUT2D eigenvalue weighted by Gasteiger charge is -2.24. The molecule has 0 saturated heterocycles. The molecule has 1 aliphatic rings. The summed E-state index contributed by atoms with van der Waals surface area (Å²) in [7, 11) is 0. The highest BCUT2D eigenvalue weighted by Gasteiger charge is 2.25. The summed E-state index contributed by atoms with van der Waals surface area (Å²) in [6.45, 7) is 0. The van der Waals surface area contributed by atoms with Gasteiger partial charge in [-0.2, -0.15) is 0 Å². The number of rotatable bonds is 7. The predicted molar refractivity (Wildman–Crippen MR) is 233 cm³/mol. The number of fused-ring (bicyclic) bond motifs is 3. The van der Waals surface area contributed by atoms with Crippen LogP contribution in [0.25, 0.3) is 64.7 Å². The number of hydrogen-bond donors (Lipinski definition) is 1. The number of nitrogens with zero attached hydrogens (tertiary/aromatic N) is 2. The molecule has 1 atom stereocenters. The fourth-order valence-corrected chi connectivity index (χ4v) is 9.05. The first kappa shape index (κ1) is 32.7. The van der Waals surface area contributed by atoms with Gasteiger partial charge in [-0.1, -0.05) is 182 Å². The van der Waals surface area contributed by atoms with E-state index >= 15 is 0 Å². The maximum atomic E-state index is 5.34. The minimum Gasteiger partial charge on any atom is -0.344 e. The number of aliphatic imine (C=N–C) groups is 2. The van der Waals surface area contributed by atoms with Crippen LogP contribution < -0.4 is 5.32 Å². The van der Waals surface area contributed by atoms with Gasteiger partial charge in [0.05, 0.1) is 0 Å². The zero-order valence-electron chi connectivity index (χ0n) is 29.9. The molecule has 260 valence electrons. The number of nitrogens with one attached hydrogen (secondary N) is 1. The van der Waals surface area contributed by atoms with Gasteiger partial charge in [0.2, 0.25) is 0 Å². The molecule has 0 fully saturated rings. The molecule has 3 nitrogen and oxygen atoms in total. The van der Waals surface area contributed by atoms with E-state index in [9.17, 15) is 0 Å². The summed E-state index contributed by atoms with van der Waals surface area (Å²) in [5.41, 5.74) is 12.7. The molecule has 0 amide bonds. The Balaban J connectivity index is 1.22. The van der Waals surface area contributed by atoms with Gasteiger partial charge >= 0.3 is 0 Å². The first-order valence-corrected chi connectivity index (χ1v) is 19.4. The summed E-state index contributed by atoms with van der Waals surface area (Å²) in [5.74, 6) is 1.53. The lowest BCUT2D eigenvalue weighted by molar-refractivity contribution is 0.674. The van der Waals surface area contributed by atoms with E-state index in [-0.39, 0.29) is 6.17 Å². The molecule has 55 heavy (non-hydrogen) atoms. The Morgan fingerprint density at radius 3 is 1.51 bits per heavy atom. The minimum absolute atomic E-state index is 0.289. The summed E-state index contributed by atoms with van der Waals surface area (Å²) >= 11 is 1.86. The second kappa shape index (κ2) is 14.2. The minimum atomic E-state index is -0.289. The van der Waals surface area contributed by atoms with Crippen LogP contribution in [0, 0.1) is 0 Å². The van der Waals surface area contributed by atoms with Crippen molar-refractivity contribution in [1.82, 2.24) is 5.32 Å². The monoisotopic (exact) mass is 721 g/mol. The maximum Gasteiger partial charge on any atom is 0.160 e. The van der Waals surface area contributed by atoms with Gasteiger partial charge in [-0.25, -0.2) is 9.98 Å². The summed E-state index contributed by atoms with van der Waals surface area (Å²) in [6, 6.07) is 71.1. The zero-order valence-corrected chi connectivity index (χ0v) is 30.7. The SMILES string of the molecule is c1ccc(C2=NC(c3ccc(-c4cccc(-c5ccccc5)c4)c4sc5c(-c6cccc(-c7ccccc7)c6)cccc5c34)=NC(c3ccccc3)N2)cc1.